The van der Waals surface area contributed by atoms with Gasteiger partial charge in [-0.1, -0.05) is 18.2 Å². The summed E-state index contributed by atoms with van der Waals surface area (Å²) < 4.78 is 28.6. The second-order valence-corrected chi connectivity index (χ2v) is 3.50. The summed E-state index contributed by atoms with van der Waals surface area (Å²) in [5.74, 6) is 0.203. The molecule has 90 valence electrons. The van der Waals surface area contributed by atoms with E-state index in [2.05, 4.69) is 10.1 Å². The van der Waals surface area contributed by atoms with Crippen molar-refractivity contribution in [1.29, 1.82) is 0 Å². The first kappa shape index (κ1) is 12.9. The predicted molar refractivity (Wildman–Crippen MR) is 58.4 cm³/mol. The summed E-state index contributed by atoms with van der Waals surface area (Å²) in [4.78, 5) is 0. The number of nitrogens with one attached hydrogen (secondary N) is 1. The molecule has 0 saturated carbocycles. The monoisotopic (exact) mass is 230 g/mol. The van der Waals surface area contributed by atoms with Crippen molar-refractivity contribution in [3.63, 3.8) is 0 Å². The highest BCUT2D eigenvalue weighted by molar-refractivity contribution is 5.33. The summed E-state index contributed by atoms with van der Waals surface area (Å²) in [6.45, 7) is 0.0866. The number of rotatable bonds is 6. The Balaban J connectivity index is 2.63. The topological polar surface area (TPSA) is 47.3 Å². The van der Waals surface area contributed by atoms with E-state index in [0.29, 0.717) is 18.7 Å². The lowest BCUT2D eigenvalue weighted by Gasteiger charge is -2.14. The van der Waals surface area contributed by atoms with Crippen LogP contribution in [0, 0.1) is 0 Å². The summed E-state index contributed by atoms with van der Waals surface area (Å²) in [7, 11) is 0. The molecule has 0 aromatic heterocycles. The molecule has 16 heavy (non-hydrogen) atoms. The van der Waals surface area contributed by atoms with Gasteiger partial charge < -0.3 is 15.8 Å². The van der Waals surface area contributed by atoms with Gasteiger partial charge in [0.2, 0.25) is 0 Å². The summed E-state index contributed by atoms with van der Waals surface area (Å²) in [6.07, 6.45) is 0. The smallest absolute Gasteiger partial charge is 0.387 e. The first-order valence-electron chi connectivity index (χ1n) is 5.09. The lowest BCUT2D eigenvalue weighted by molar-refractivity contribution is -0.0505. The van der Waals surface area contributed by atoms with Gasteiger partial charge in [-0.2, -0.15) is 8.78 Å². The zero-order valence-electron chi connectivity index (χ0n) is 9.12. The molecule has 0 heterocycles. The van der Waals surface area contributed by atoms with Crippen LogP contribution < -0.4 is 15.8 Å². The van der Waals surface area contributed by atoms with E-state index in [1.54, 1.807) is 18.2 Å². The van der Waals surface area contributed by atoms with E-state index in [1.807, 2.05) is 6.92 Å². The fraction of sp³-hybridized carbons (Fsp3) is 0.455. The maximum atomic E-state index is 12.1. The van der Waals surface area contributed by atoms with E-state index < -0.39 is 6.61 Å². The molecule has 0 amide bonds. The maximum absolute atomic E-state index is 12.1. The van der Waals surface area contributed by atoms with E-state index in [4.69, 9.17) is 5.73 Å². The van der Waals surface area contributed by atoms with Crippen molar-refractivity contribution in [3.05, 3.63) is 29.8 Å². The minimum atomic E-state index is -2.80. The van der Waals surface area contributed by atoms with Crippen molar-refractivity contribution in [1.82, 2.24) is 5.32 Å². The van der Waals surface area contributed by atoms with Crippen molar-refractivity contribution in [2.45, 2.75) is 26.1 Å². The second-order valence-electron chi connectivity index (χ2n) is 3.50. The minimum absolute atomic E-state index is 0.139. The Labute approximate surface area is 93.6 Å². The Morgan fingerprint density at radius 3 is 2.69 bits per heavy atom. The number of benzene rings is 1. The van der Waals surface area contributed by atoms with Crippen LogP contribution in [-0.4, -0.2) is 19.2 Å². The molecule has 1 atom stereocenters. The zero-order chi connectivity index (χ0) is 12.0. The van der Waals surface area contributed by atoms with Crippen molar-refractivity contribution in [2.24, 2.45) is 5.73 Å². The maximum Gasteiger partial charge on any atom is 0.387 e. The molecule has 5 heteroatoms. The van der Waals surface area contributed by atoms with E-state index in [1.165, 1.54) is 6.07 Å². The molecule has 0 saturated heterocycles. The average Bonchev–Trinajstić information content (AvgIpc) is 2.26. The first-order chi connectivity index (χ1) is 7.63. The Morgan fingerprint density at radius 1 is 1.38 bits per heavy atom. The van der Waals surface area contributed by atoms with Gasteiger partial charge in [-0.05, 0) is 13.0 Å². The van der Waals surface area contributed by atoms with Crippen molar-refractivity contribution < 1.29 is 13.5 Å². The molecule has 0 radical (unpaired) electrons. The van der Waals surface area contributed by atoms with Crippen molar-refractivity contribution >= 4 is 0 Å². The fourth-order valence-electron chi connectivity index (χ4n) is 1.23. The molecule has 1 aromatic rings. The second kappa shape index (κ2) is 6.40. The molecule has 0 bridgehead atoms. The number of para-hydroxylation sites is 1. The van der Waals surface area contributed by atoms with Crippen molar-refractivity contribution in [2.75, 3.05) is 6.54 Å². The molecule has 0 aliphatic carbocycles. The highest BCUT2D eigenvalue weighted by atomic mass is 19.3. The molecule has 0 aliphatic rings. The van der Waals surface area contributed by atoms with Crippen LogP contribution in [0.4, 0.5) is 8.78 Å². The Bertz CT molecular complexity index is 321. The van der Waals surface area contributed by atoms with Crippen LogP contribution in [0.25, 0.3) is 0 Å². The number of halogens is 2. The lowest BCUT2D eigenvalue weighted by atomic mass is 10.2. The van der Waals surface area contributed by atoms with Gasteiger partial charge in [-0.25, -0.2) is 0 Å². The highest BCUT2D eigenvalue weighted by Gasteiger charge is 2.09. The van der Waals surface area contributed by atoms with Crippen LogP contribution in [0.3, 0.4) is 0 Å². The molecule has 0 spiro atoms. The van der Waals surface area contributed by atoms with E-state index in [9.17, 15) is 8.78 Å². The summed E-state index contributed by atoms with van der Waals surface area (Å²) >= 11 is 0. The van der Waals surface area contributed by atoms with Gasteiger partial charge in [0.1, 0.15) is 5.75 Å². The predicted octanol–water partition coefficient (Wildman–Crippen LogP) is 1.72. The van der Waals surface area contributed by atoms with Crippen LogP contribution in [0.15, 0.2) is 24.3 Å². The van der Waals surface area contributed by atoms with Crippen molar-refractivity contribution in [3.8, 4) is 5.75 Å². The molecule has 1 unspecified atom stereocenters. The van der Waals surface area contributed by atoms with Gasteiger partial charge in [-0.15, -0.1) is 0 Å². The van der Waals surface area contributed by atoms with Crippen LogP contribution in [0.1, 0.15) is 12.5 Å². The van der Waals surface area contributed by atoms with E-state index >= 15 is 0 Å². The van der Waals surface area contributed by atoms with Gasteiger partial charge in [0.15, 0.2) is 0 Å². The van der Waals surface area contributed by atoms with E-state index in [0.717, 1.165) is 0 Å². The SMILES string of the molecule is CC(CN)NCc1ccccc1OC(F)F. The van der Waals surface area contributed by atoms with Crippen LogP contribution >= 0.6 is 0 Å². The standard InChI is InChI=1S/C11H16F2N2O/c1-8(6-14)15-7-9-4-2-3-5-10(9)16-11(12)13/h2-5,8,11,15H,6-7,14H2,1H3. The Hall–Kier alpha value is -1.20. The van der Waals surface area contributed by atoms with Gasteiger partial charge in [0.05, 0.1) is 0 Å². The summed E-state index contributed by atoms with van der Waals surface area (Å²) in [5.41, 5.74) is 6.14. The summed E-state index contributed by atoms with van der Waals surface area (Å²) in [6, 6.07) is 6.85. The molecular weight excluding hydrogens is 214 g/mol. The third kappa shape index (κ3) is 4.12. The highest BCUT2D eigenvalue weighted by Crippen LogP contribution is 2.19. The third-order valence-corrected chi connectivity index (χ3v) is 2.18. The van der Waals surface area contributed by atoms with E-state index in [-0.39, 0.29) is 11.8 Å². The Kier molecular flexibility index (Phi) is 5.14. The van der Waals surface area contributed by atoms with Gasteiger partial charge in [-0.3, -0.25) is 0 Å². The molecular formula is C11H16F2N2O. The largest absolute Gasteiger partial charge is 0.434 e. The molecule has 3 N–H and O–H groups in total. The molecule has 1 aromatic carbocycles. The van der Waals surface area contributed by atoms with Crippen LogP contribution in [-0.2, 0) is 6.54 Å². The number of ether oxygens (including phenoxy) is 1. The molecule has 0 aliphatic heterocycles. The normalized spacial score (nSPS) is 12.8. The average molecular weight is 230 g/mol. The van der Waals surface area contributed by atoms with Gasteiger partial charge in [0, 0.05) is 24.7 Å². The number of hydrogen-bond donors (Lipinski definition) is 2. The number of nitrogens with two attached hydrogens (primary N) is 1. The number of alkyl halides is 2. The van der Waals surface area contributed by atoms with Gasteiger partial charge >= 0.3 is 6.61 Å². The Morgan fingerprint density at radius 2 is 2.06 bits per heavy atom. The molecule has 1 rings (SSSR count). The van der Waals surface area contributed by atoms with Gasteiger partial charge in [0.25, 0.3) is 0 Å². The zero-order valence-corrected chi connectivity index (χ0v) is 9.12. The van der Waals surface area contributed by atoms with Crippen LogP contribution in [0.5, 0.6) is 5.75 Å². The summed E-state index contributed by atoms with van der Waals surface area (Å²) in [5, 5.41) is 3.11. The number of hydrogen-bond acceptors (Lipinski definition) is 3. The molecule has 0 fully saturated rings. The van der Waals surface area contributed by atoms with Crippen LogP contribution in [0.2, 0.25) is 0 Å². The third-order valence-electron chi connectivity index (χ3n) is 2.18. The first-order valence-corrected chi connectivity index (χ1v) is 5.09. The quantitative estimate of drug-likeness (QED) is 0.782. The molecule has 3 nitrogen and oxygen atoms in total. The minimum Gasteiger partial charge on any atom is -0.434 e. The lowest BCUT2D eigenvalue weighted by Crippen LogP contribution is -2.32. The fourth-order valence-corrected chi connectivity index (χ4v) is 1.23.